The molecule has 0 aromatic carbocycles. The van der Waals surface area contributed by atoms with Crippen LogP contribution in [-0.4, -0.2) is 24.8 Å². The van der Waals surface area contributed by atoms with Gasteiger partial charge < -0.3 is 4.74 Å². The average Bonchev–Trinajstić information content (AvgIpc) is 2.14. The minimum atomic E-state index is 0.483. The van der Waals surface area contributed by atoms with Gasteiger partial charge >= 0.3 is 0 Å². The van der Waals surface area contributed by atoms with Gasteiger partial charge in [-0.3, -0.25) is 4.90 Å². The topological polar surface area (TPSA) is 36.3 Å². The van der Waals surface area contributed by atoms with E-state index in [4.69, 9.17) is 10.00 Å². The smallest absolute Gasteiger partial charge is 0.181 e. The lowest BCUT2D eigenvalue weighted by molar-refractivity contribution is 0.164. The SMILES string of the molecule is N#CN1CCOC1. The Kier molecular flexibility index (Phi) is 1.14. The molecule has 38 valence electrons. The maximum atomic E-state index is 8.16. The summed E-state index contributed by atoms with van der Waals surface area (Å²) in [6.07, 6.45) is 1.97. The summed E-state index contributed by atoms with van der Waals surface area (Å²) in [5, 5.41) is 8.16. The molecule has 0 spiro atoms. The fraction of sp³-hybridized carbons (Fsp3) is 0.750. The van der Waals surface area contributed by atoms with Gasteiger partial charge in [-0.05, 0) is 0 Å². The van der Waals surface area contributed by atoms with E-state index in [2.05, 4.69) is 0 Å². The molecular formula is C4H6N2O. The molecule has 0 aliphatic carbocycles. The third-order valence-electron chi connectivity index (χ3n) is 0.894. The zero-order chi connectivity index (χ0) is 5.11. The molecule has 1 aliphatic heterocycles. The Bertz CT molecular complexity index is 90.4. The highest BCUT2D eigenvalue weighted by molar-refractivity contribution is 4.72. The molecule has 3 nitrogen and oxygen atoms in total. The molecule has 0 aromatic heterocycles. The molecule has 0 atom stereocenters. The van der Waals surface area contributed by atoms with Crippen molar-refractivity contribution >= 4 is 0 Å². The number of nitriles is 1. The van der Waals surface area contributed by atoms with Crippen LogP contribution >= 0.6 is 0 Å². The molecule has 0 radical (unpaired) electrons. The summed E-state index contributed by atoms with van der Waals surface area (Å²) in [7, 11) is 0. The first-order valence-electron chi connectivity index (χ1n) is 2.16. The Morgan fingerprint density at radius 3 is 2.86 bits per heavy atom. The van der Waals surface area contributed by atoms with E-state index in [1.165, 1.54) is 0 Å². The molecule has 1 heterocycles. The van der Waals surface area contributed by atoms with Crippen LogP contribution in [0.1, 0.15) is 0 Å². The summed E-state index contributed by atoms with van der Waals surface area (Å²) < 4.78 is 4.85. The molecule has 7 heavy (non-hydrogen) atoms. The zero-order valence-corrected chi connectivity index (χ0v) is 3.92. The first-order valence-corrected chi connectivity index (χ1v) is 2.16. The molecule has 1 saturated heterocycles. The van der Waals surface area contributed by atoms with Crippen LogP contribution in [0, 0.1) is 11.5 Å². The number of hydrogen-bond donors (Lipinski definition) is 0. The average molecular weight is 98.1 g/mol. The lowest BCUT2D eigenvalue weighted by atomic mass is 10.7. The van der Waals surface area contributed by atoms with Gasteiger partial charge in [-0.15, -0.1) is 0 Å². The zero-order valence-electron chi connectivity index (χ0n) is 3.92. The minimum Gasteiger partial charge on any atom is -0.359 e. The van der Waals surface area contributed by atoms with Crippen molar-refractivity contribution in [2.45, 2.75) is 0 Å². The molecule has 0 aromatic rings. The molecule has 1 aliphatic rings. The van der Waals surface area contributed by atoms with Crippen LogP contribution < -0.4 is 0 Å². The maximum Gasteiger partial charge on any atom is 0.181 e. The quantitative estimate of drug-likeness (QED) is 0.392. The van der Waals surface area contributed by atoms with E-state index in [-0.39, 0.29) is 0 Å². The lowest BCUT2D eigenvalue weighted by Crippen LogP contribution is -2.11. The van der Waals surface area contributed by atoms with Crippen LogP contribution in [0.5, 0.6) is 0 Å². The number of hydrogen-bond acceptors (Lipinski definition) is 3. The van der Waals surface area contributed by atoms with Crippen molar-refractivity contribution in [3.63, 3.8) is 0 Å². The molecule has 0 amide bonds. The van der Waals surface area contributed by atoms with Crippen molar-refractivity contribution in [2.24, 2.45) is 0 Å². The van der Waals surface area contributed by atoms with Gasteiger partial charge in [-0.1, -0.05) is 0 Å². The Morgan fingerprint density at radius 1 is 1.71 bits per heavy atom. The van der Waals surface area contributed by atoms with Crippen LogP contribution in [0.15, 0.2) is 0 Å². The van der Waals surface area contributed by atoms with Crippen LogP contribution in [0.2, 0.25) is 0 Å². The third kappa shape index (κ3) is 0.815. The van der Waals surface area contributed by atoms with Gasteiger partial charge in [0.05, 0.1) is 13.2 Å². The molecule has 0 saturated carbocycles. The molecule has 1 rings (SSSR count). The first kappa shape index (κ1) is 4.41. The molecule has 3 heteroatoms. The Balaban J connectivity index is 2.31. The highest BCUT2D eigenvalue weighted by atomic mass is 16.5. The standard InChI is InChI=1S/C4H6N2O/c5-3-6-1-2-7-4-6/h1-2,4H2. The normalized spacial score (nSPS) is 19.6. The molecule has 0 N–H and O–H groups in total. The lowest BCUT2D eigenvalue weighted by Gasteiger charge is -1.97. The Morgan fingerprint density at radius 2 is 2.57 bits per heavy atom. The van der Waals surface area contributed by atoms with E-state index in [0.717, 1.165) is 6.54 Å². The number of ether oxygens (including phenoxy) is 1. The summed E-state index contributed by atoms with van der Waals surface area (Å²) in [6.45, 7) is 1.94. The van der Waals surface area contributed by atoms with Crippen molar-refractivity contribution in [3.05, 3.63) is 0 Å². The van der Waals surface area contributed by atoms with Crippen molar-refractivity contribution < 1.29 is 4.74 Å². The van der Waals surface area contributed by atoms with Gasteiger partial charge in [0.25, 0.3) is 0 Å². The summed E-state index contributed by atoms with van der Waals surface area (Å²) in [5.41, 5.74) is 0. The molecule has 0 bridgehead atoms. The van der Waals surface area contributed by atoms with Gasteiger partial charge in [0.2, 0.25) is 0 Å². The van der Waals surface area contributed by atoms with Gasteiger partial charge in [0, 0.05) is 0 Å². The van der Waals surface area contributed by atoms with Gasteiger partial charge in [0.15, 0.2) is 6.19 Å². The highest BCUT2D eigenvalue weighted by Gasteiger charge is 2.06. The van der Waals surface area contributed by atoms with Crippen LogP contribution in [-0.2, 0) is 4.74 Å². The summed E-state index contributed by atoms with van der Waals surface area (Å²) in [6, 6.07) is 0. The fourth-order valence-corrected chi connectivity index (χ4v) is 0.493. The molecule has 1 fully saturated rings. The van der Waals surface area contributed by atoms with E-state index in [0.29, 0.717) is 13.3 Å². The second-order valence-corrected chi connectivity index (χ2v) is 1.40. The van der Waals surface area contributed by atoms with Crippen molar-refractivity contribution in [2.75, 3.05) is 19.9 Å². The summed E-state index contributed by atoms with van der Waals surface area (Å²) in [4.78, 5) is 1.57. The van der Waals surface area contributed by atoms with Crippen molar-refractivity contribution in [1.29, 1.82) is 5.26 Å². The fourth-order valence-electron chi connectivity index (χ4n) is 0.493. The van der Waals surface area contributed by atoms with E-state index < -0.39 is 0 Å². The maximum absolute atomic E-state index is 8.16. The summed E-state index contributed by atoms with van der Waals surface area (Å²) in [5.74, 6) is 0. The van der Waals surface area contributed by atoms with Crippen LogP contribution in [0.3, 0.4) is 0 Å². The number of nitrogens with zero attached hydrogens (tertiary/aromatic N) is 2. The summed E-state index contributed by atoms with van der Waals surface area (Å²) >= 11 is 0. The van der Waals surface area contributed by atoms with Crippen LogP contribution in [0.4, 0.5) is 0 Å². The Labute approximate surface area is 42.1 Å². The number of rotatable bonds is 0. The Hall–Kier alpha value is -0.750. The third-order valence-corrected chi connectivity index (χ3v) is 0.894. The van der Waals surface area contributed by atoms with Gasteiger partial charge in [0.1, 0.15) is 6.73 Å². The predicted molar refractivity (Wildman–Crippen MR) is 23.1 cm³/mol. The van der Waals surface area contributed by atoms with Gasteiger partial charge in [-0.25, -0.2) is 0 Å². The second kappa shape index (κ2) is 1.80. The monoisotopic (exact) mass is 98.0 g/mol. The van der Waals surface area contributed by atoms with Crippen LogP contribution in [0.25, 0.3) is 0 Å². The van der Waals surface area contributed by atoms with E-state index in [1.807, 2.05) is 6.19 Å². The van der Waals surface area contributed by atoms with Crippen molar-refractivity contribution in [1.82, 2.24) is 4.90 Å². The van der Waals surface area contributed by atoms with E-state index in [9.17, 15) is 0 Å². The second-order valence-electron chi connectivity index (χ2n) is 1.40. The minimum absolute atomic E-state index is 0.483. The first-order chi connectivity index (χ1) is 3.43. The molecular weight excluding hydrogens is 92.1 g/mol. The van der Waals surface area contributed by atoms with Crippen molar-refractivity contribution in [3.8, 4) is 6.19 Å². The van der Waals surface area contributed by atoms with E-state index >= 15 is 0 Å². The van der Waals surface area contributed by atoms with Gasteiger partial charge in [-0.2, -0.15) is 5.26 Å². The molecule has 0 unspecified atom stereocenters. The largest absolute Gasteiger partial charge is 0.359 e. The highest BCUT2D eigenvalue weighted by Crippen LogP contribution is 1.93. The predicted octanol–water partition coefficient (Wildman–Crippen LogP) is -0.243. The van der Waals surface area contributed by atoms with E-state index in [1.54, 1.807) is 4.90 Å².